The molecule has 0 radical (unpaired) electrons. The number of carbonyl (C=O) groups is 1. The molecule has 2 aromatic rings. The molecule has 5 heteroatoms. The monoisotopic (exact) mass is 332 g/mol. The van der Waals surface area contributed by atoms with Crippen molar-refractivity contribution in [2.75, 3.05) is 6.61 Å². The number of benzene rings is 2. The highest BCUT2D eigenvalue weighted by Gasteiger charge is 2.08. The van der Waals surface area contributed by atoms with Gasteiger partial charge in [-0.15, -0.1) is 0 Å². The Hall–Kier alpha value is -3.57. The number of carbonyl (C=O) groups excluding carboxylic acids is 1. The molecule has 0 N–H and O–H groups in total. The van der Waals surface area contributed by atoms with E-state index >= 15 is 0 Å². The number of rotatable bonds is 5. The molecule has 0 spiro atoms. The molecule has 0 aliphatic heterocycles. The lowest BCUT2D eigenvalue weighted by molar-refractivity contribution is -0.136. The van der Waals surface area contributed by atoms with Crippen molar-refractivity contribution in [3.8, 4) is 23.6 Å². The molecular weight excluding hydrogens is 316 g/mol. The zero-order valence-corrected chi connectivity index (χ0v) is 13.9. The third-order valence-electron chi connectivity index (χ3n) is 3.34. The van der Waals surface area contributed by atoms with E-state index in [0.29, 0.717) is 17.1 Å². The van der Waals surface area contributed by atoms with Crippen LogP contribution in [0.4, 0.5) is 0 Å². The first-order valence-corrected chi connectivity index (χ1v) is 7.54. The molecule has 0 bridgehead atoms. The van der Waals surface area contributed by atoms with Crippen LogP contribution < -0.4 is 9.47 Å². The van der Waals surface area contributed by atoms with Crippen molar-refractivity contribution in [3.63, 3.8) is 0 Å². The van der Waals surface area contributed by atoms with Crippen LogP contribution in [0.2, 0.25) is 0 Å². The van der Waals surface area contributed by atoms with Gasteiger partial charge in [0, 0.05) is 0 Å². The molecule has 0 aliphatic rings. The Kier molecular flexibility index (Phi) is 5.92. The van der Waals surface area contributed by atoms with E-state index in [1.165, 1.54) is 6.08 Å². The summed E-state index contributed by atoms with van der Waals surface area (Å²) >= 11 is 0. The molecule has 25 heavy (non-hydrogen) atoms. The first-order valence-electron chi connectivity index (χ1n) is 7.54. The van der Waals surface area contributed by atoms with Gasteiger partial charge >= 0.3 is 5.97 Å². The normalized spacial score (nSPS) is 9.44. The second kappa shape index (κ2) is 8.33. The van der Waals surface area contributed by atoms with Crippen molar-refractivity contribution in [1.29, 1.82) is 10.5 Å². The molecule has 0 aromatic heterocycles. The highest BCUT2D eigenvalue weighted by atomic mass is 16.6. The molecule has 0 aliphatic carbocycles. The SMILES string of the molecule is Cc1ccc(OCC(=O)Oc2ccc(C=C(C#N)C#N)cc2)c(C)c1. The van der Waals surface area contributed by atoms with Crippen molar-refractivity contribution in [1.82, 2.24) is 0 Å². The Morgan fingerprint density at radius 3 is 2.36 bits per heavy atom. The fourth-order valence-electron chi connectivity index (χ4n) is 2.15. The van der Waals surface area contributed by atoms with Crippen molar-refractivity contribution < 1.29 is 14.3 Å². The van der Waals surface area contributed by atoms with Crippen molar-refractivity contribution in [2.24, 2.45) is 0 Å². The molecule has 0 atom stereocenters. The van der Waals surface area contributed by atoms with Gasteiger partial charge in [-0.3, -0.25) is 0 Å². The molecule has 0 unspecified atom stereocenters. The number of aryl methyl sites for hydroxylation is 2. The van der Waals surface area contributed by atoms with E-state index < -0.39 is 5.97 Å². The molecule has 124 valence electrons. The molecule has 5 nitrogen and oxygen atoms in total. The predicted octanol–water partition coefficient (Wildman–Crippen LogP) is 3.72. The maximum Gasteiger partial charge on any atom is 0.349 e. The number of hydrogen-bond donors (Lipinski definition) is 0. The molecule has 0 amide bonds. The van der Waals surface area contributed by atoms with Crippen molar-refractivity contribution >= 4 is 12.0 Å². The number of ether oxygens (including phenoxy) is 2. The molecule has 0 fully saturated rings. The molecular formula is C20H16N2O3. The van der Waals surface area contributed by atoms with Crippen LogP contribution in [0.5, 0.6) is 11.5 Å². The maximum absolute atomic E-state index is 11.9. The molecule has 2 aromatic carbocycles. The number of esters is 1. The van der Waals surface area contributed by atoms with Crippen LogP contribution in [0.1, 0.15) is 16.7 Å². The van der Waals surface area contributed by atoms with Crippen molar-refractivity contribution in [2.45, 2.75) is 13.8 Å². The van der Waals surface area contributed by atoms with Gasteiger partial charge in [0.25, 0.3) is 0 Å². The second-order valence-electron chi connectivity index (χ2n) is 5.38. The van der Waals surface area contributed by atoms with Gasteiger partial charge in [0.2, 0.25) is 0 Å². The van der Waals surface area contributed by atoms with Crippen LogP contribution in [-0.4, -0.2) is 12.6 Å². The summed E-state index contributed by atoms with van der Waals surface area (Å²) in [6.07, 6.45) is 1.45. The van der Waals surface area contributed by atoms with Gasteiger partial charge in [-0.1, -0.05) is 29.8 Å². The highest BCUT2D eigenvalue weighted by molar-refractivity contribution is 5.74. The van der Waals surface area contributed by atoms with E-state index in [1.807, 2.05) is 32.0 Å². The van der Waals surface area contributed by atoms with Gasteiger partial charge < -0.3 is 9.47 Å². The second-order valence-corrected chi connectivity index (χ2v) is 5.38. The molecule has 2 rings (SSSR count). The Balaban J connectivity index is 1.94. The first kappa shape index (κ1) is 17.8. The maximum atomic E-state index is 11.9. The summed E-state index contributed by atoms with van der Waals surface area (Å²) in [4.78, 5) is 11.9. The summed E-state index contributed by atoms with van der Waals surface area (Å²) in [5, 5.41) is 17.4. The fraction of sp³-hybridized carbons (Fsp3) is 0.150. The number of nitriles is 2. The summed E-state index contributed by atoms with van der Waals surface area (Å²) < 4.78 is 10.7. The van der Waals surface area contributed by atoms with Gasteiger partial charge in [0.05, 0.1) is 0 Å². The van der Waals surface area contributed by atoms with Crippen LogP contribution in [0.3, 0.4) is 0 Å². The van der Waals surface area contributed by atoms with E-state index in [-0.39, 0.29) is 12.2 Å². The third kappa shape index (κ3) is 5.23. The Morgan fingerprint density at radius 2 is 1.76 bits per heavy atom. The topological polar surface area (TPSA) is 83.1 Å². The minimum atomic E-state index is -0.516. The average Bonchev–Trinajstić information content (AvgIpc) is 2.60. The first-order chi connectivity index (χ1) is 12.0. The van der Waals surface area contributed by atoms with Crippen LogP contribution in [0.25, 0.3) is 6.08 Å². The quantitative estimate of drug-likeness (QED) is 0.473. The van der Waals surface area contributed by atoms with E-state index in [4.69, 9.17) is 20.0 Å². The minimum absolute atomic E-state index is 0.00612. The fourth-order valence-corrected chi connectivity index (χ4v) is 2.15. The third-order valence-corrected chi connectivity index (χ3v) is 3.34. The van der Waals surface area contributed by atoms with Gasteiger partial charge in [0.1, 0.15) is 29.2 Å². The molecule has 0 saturated carbocycles. The van der Waals surface area contributed by atoms with E-state index in [9.17, 15) is 4.79 Å². The Labute approximate surface area is 146 Å². The molecule has 0 heterocycles. The van der Waals surface area contributed by atoms with Gasteiger partial charge in [0.15, 0.2) is 6.61 Å². The van der Waals surface area contributed by atoms with E-state index in [1.54, 1.807) is 36.4 Å². The predicted molar refractivity (Wildman–Crippen MR) is 92.7 cm³/mol. The van der Waals surface area contributed by atoms with Gasteiger partial charge in [-0.2, -0.15) is 10.5 Å². The summed E-state index contributed by atoms with van der Waals surface area (Å²) in [5.74, 6) is 0.489. The average molecular weight is 332 g/mol. The van der Waals surface area contributed by atoms with Crippen LogP contribution in [0.15, 0.2) is 48.0 Å². The summed E-state index contributed by atoms with van der Waals surface area (Å²) in [6.45, 7) is 3.70. The summed E-state index contributed by atoms with van der Waals surface area (Å²) in [7, 11) is 0. The Bertz CT molecular complexity index is 869. The standard InChI is InChI=1S/C20H16N2O3/c1-14-3-8-19(15(2)9-14)24-13-20(23)25-18-6-4-16(5-7-18)10-17(11-21)12-22/h3-10H,13H2,1-2H3. The number of nitrogens with zero attached hydrogens (tertiary/aromatic N) is 2. The van der Waals surface area contributed by atoms with Gasteiger partial charge in [-0.25, -0.2) is 4.79 Å². The lowest BCUT2D eigenvalue weighted by atomic mass is 10.1. The van der Waals surface area contributed by atoms with Crippen LogP contribution >= 0.6 is 0 Å². The Morgan fingerprint density at radius 1 is 1.08 bits per heavy atom. The van der Waals surface area contributed by atoms with Gasteiger partial charge in [-0.05, 0) is 49.2 Å². The number of allylic oxidation sites excluding steroid dienone is 1. The lowest BCUT2D eigenvalue weighted by Gasteiger charge is -2.09. The van der Waals surface area contributed by atoms with Crippen LogP contribution in [-0.2, 0) is 4.79 Å². The summed E-state index contributed by atoms with van der Waals surface area (Å²) in [6, 6.07) is 15.8. The lowest BCUT2D eigenvalue weighted by Crippen LogP contribution is -2.18. The highest BCUT2D eigenvalue weighted by Crippen LogP contribution is 2.19. The number of hydrogen-bond acceptors (Lipinski definition) is 5. The van der Waals surface area contributed by atoms with E-state index in [0.717, 1.165) is 11.1 Å². The summed E-state index contributed by atoms with van der Waals surface area (Å²) in [5.41, 5.74) is 2.75. The van der Waals surface area contributed by atoms with E-state index in [2.05, 4.69) is 0 Å². The zero-order chi connectivity index (χ0) is 18.2. The van der Waals surface area contributed by atoms with Crippen molar-refractivity contribution in [3.05, 3.63) is 64.7 Å². The molecule has 0 saturated heterocycles. The largest absolute Gasteiger partial charge is 0.482 e. The zero-order valence-electron chi connectivity index (χ0n) is 13.9. The van der Waals surface area contributed by atoms with Crippen LogP contribution in [0, 0.1) is 36.5 Å². The minimum Gasteiger partial charge on any atom is -0.482 e. The smallest absolute Gasteiger partial charge is 0.349 e.